The maximum atomic E-state index is 5.64. The Bertz CT molecular complexity index is 494. The Hall–Kier alpha value is -1.40. The van der Waals surface area contributed by atoms with Gasteiger partial charge < -0.3 is 5.73 Å². The Balaban J connectivity index is 2.30. The standard InChI is InChI=1S/C10H13N5S/c1-7-5-9(15(2)14-7)16-10-8(6-11)3-4-12-13-10/h3-5H,6,11H2,1-2H3. The normalized spacial score (nSPS) is 10.7. The fraction of sp³-hybridized carbons (Fsp3) is 0.300. The summed E-state index contributed by atoms with van der Waals surface area (Å²) in [5, 5.41) is 14.1. The summed E-state index contributed by atoms with van der Waals surface area (Å²) in [6.45, 7) is 2.43. The number of aromatic nitrogens is 4. The molecule has 6 heteroatoms. The van der Waals surface area contributed by atoms with E-state index in [1.165, 1.54) is 11.8 Å². The van der Waals surface area contributed by atoms with E-state index in [1.807, 2.05) is 30.8 Å². The molecule has 0 aliphatic heterocycles. The van der Waals surface area contributed by atoms with Crippen molar-refractivity contribution in [1.29, 1.82) is 0 Å². The average Bonchev–Trinajstić information content (AvgIpc) is 2.58. The topological polar surface area (TPSA) is 69.6 Å². The quantitative estimate of drug-likeness (QED) is 0.863. The van der Waals surface area contributed by atoms with Crippen LogP contribution < -0.4 is 5.73 Å². The summed E-state index contributed by atoms with van der Waals surface area (Å²) in [4.78, 5) is 0. The minimum Gasteiger partial charge on any atom is -0.326 e. The van der Waals surface area contributed by atoms with Crippen LogP contribution in [0.2, 0.25) is 0 Å². The van der Waals surface area contributed by atoms with Crippen LogP contribution in [0.4, 0.5) is 0 Å². The Morgan fingerprint density at radius 3 is 2.94 bits per heavy atom. The molecular formula is C10H13N5S. The molecule has 0 spiro atoms. The summed E-state index contributed by atoms with van der Waals surface area (Å²) < 4.78 is 1.83. The van der Waals surface area contributed by atoms with Crippen molar-refractivity contribution in [1.82, 2.24) is 20.0 Å². The van der Waals surface area contributed by atoms with Crippen molar-refractivity contribution in [2.45, 2.75) is 23.5 Å². The highest BCUT2D eigenvalue weighted by Gasteiger charge is 2.09. The minimum absolute atomic E-state index is 0.467. The molecule has 0 bridgehead atoms. The SMILES string of the molecule is Cc1cc(Sc2nnccc2CN)n(C)n1. The predicted molar refractivity (Wildman–Crippen MR) is 62.0 cm³/mol. The molecule has 0 radical (unpaired) electrons. The maximum Gasteiger partial charge on any atom is 0.129 e. The molecule has 2 aromatic rings. The van der Waals surface area contributed by atoms with Gasteiger partial charge in [0.05, 0.1) is 5.69 Å². The van der Waals surface area contributed by atoms with Crippen molar-refractivity contribution in [2.75, 3.05) is 0 Å². The number of nitrogens with two attached hydrogens (primary N) is 1. The van der Waals surface area contributed by atoms with Crippen molar-refractivity contribution in [3.05, 3.63) is 29.6 Å². The fourth-order valence-electron chi connectivity index (χ4n) is 1.37. The van der Waals surface area contributed by atoms with Gasteiger partial charge in [0.25, 0.3) is 0 Å². The van der Waals surface area contributed by atoms with Crippen LogP contribution in [0.25, 0.3) is 0 Å². The number of nitrogens with zero attached hydrogens (tertiary/aromatic N) is 4. The molecule has 0 saturated heterocycles. The highest BCUT2D eigenvalue weighted by molar-refractivity contribution is 7.99. The van der Waals surface area contributed by atoms with Crippen molar-refractivity contribution < 1.29 is 0 Å². The van der Waals surface area contributed by atoms with E-state index >= 15 is 0 Å². The Morgan fingerprint density at radius 2 is 2.31 bits per heavy atom. The van der Waals surface area contributed by atoms with Crippen molar-refractivity contribution in [3.63, 3.8) is 0 Å². The summed E-state index contributed by atoms with van der Waals surface area (Å²) in [7, 11) is 1.91. The lowest BCUT2D eigenvalue weighted by atomic mass is 10.3. The smallest absolute Gasteiger partial charge is 0.129 e. The third-order valence-corrected chi connectivity index (χ3v) is 3.27. The molecule has 16 heavy (non-hydrogen) atoms. The molecule has 0 aliphatic carbocycles. The molecule has 0 saturated carbocycles. The van der Waals surface area contributed by atoms with Crippen LogP contribution in [0.15, 0.2) is 28.4 Å². The zero-order chi connectivity index (χ0) is 11.5. The van der Waals surface area contributed by atoms with E-state index in [2.05, 4.69) is 15.3 Å². The third kappa shape index (κ3) is 2.23. The molecule has 2 rings (SSSR count). The van der Waals surface area contributed by atoms with E-state index in [1.54, 1.807) is 6.20 Å². The third-order valence-electron chi connectivity index (χ3n) is 2.15. The second kappa shape index (κ2) is 4.63. The van der Waals surface area contributed by atoms with Crippen LogP contribution in [0.3, 0.4) is 0 Å². The van der Waals surface area contributed by atoms with Gasteiger partial charge in [0.1, 0.15) is 10.1 Å². The van der Waals surface area contributed by atoms with E-state index in [0.29, 0.717) is 6.54 Å². The molecule has 0 amide bonds. The zero-order valence-electron chi connectivity index (χ0n) is 9.21. The molecule has 0 fully saturated rings. The summed E-state index contributed by atoms with van der Waals surface area (Å²) >= 11 is 1.53. The van der Waals surface area contributed by atoms with Crippen molar-refractivity contribution >= 4 is 11.8 Å². The molecule has 2 aromatic heterocycles. The van der Waals surface area contributed by atoms with Gasteiger partial charge in [0, 0.05) is 25.4 Å². The van der Waals surface area contributed by atoms with Crippen molar-refractivity contribution in [2.24, 2.45) is 12.8 Å². The molecule has 0 unspecified atom stereocenters. The fourth-order valence-corrected chi connectivity index (χ4v) is 2.34. The number of hydrogen-bond acceptors (Lipinski definition) is 5. The minimum atomic E-state index is 0.467. The van der Waals surface area contributed by atoms with Crippen LogP contribution in [-0.4, -0.2) is 20.0 Å². The molecule has 5 nitrogen and oxygen atoms in total. The lowest BCUT2D eigenvalue weighted by molar-refractivity contribution is 0.691. The monoisotopic (exact) mass is 235 g/mol. The number of hydrogen-bond donors (Lipinski definition) is 1. The average molecular weight is 235 g/mol. The first kappa shape index (κ1) is 11.1. The molecule has 84 valence electrons. The summed E-state index contributed by atoms with van der Waals surface area (Å²) in [5.41, 5.74) is 7.63. The highest BCUT2D eigenvalue weighted by atomic mass is 32.2. The number of rotatable bonds is 3. The Kier molecular flexibility index (Phi) is 3.21. The zero-order valence-corrected chi connectivity index (χ0v) is 10.0. The van der Waals surface area contributed by atoms with E-state index < -0.39 is 0 Å². The van der Waals surface area contributed by atoms with E-state index in [4.69, 9.17) is 5.73 Å². The molecule has 0 aliphatic rings. The van der Waals surface area contributed by atoms with Crippen LogP contribution in [0.5, 0.6) is 0 Å². The molecule has 2 heterocycles. The van der Waals surface area contributed by atoms with Gasteiger partial charge in [0.15, 0.2) is 0 Å². The van der Waals surface area contributed by atoms with E-state index in [0.717, 1.165) is 21.3 Å². The summed E-state index contributed by atoms with van der Waals surface area (Å²) in [6, 6.07) is 3.90. The van der Waals surface area contributed by atoms with Crippen LogP contribution in [0.1, 0.15) is 11.3 Å². The van der Waals surface area contributed by atoms with Crippen LogP contribution in [0, 0.1) is 6.92 Å². The van der Waals surface area contributed by atoms with Crippen molar-refractivity contribution in [3.8, 4) is 0 Å². The van der Waals surface area contributed by atoms with Crippen LogP contribution in [-0.2, 0) is 13.6 Å². The molecule has 2 N–H and O–H groups in total. The second-order valence-corrected chi connectivity index (χ2v) is 4.42. The van der Waals surface area contributed by atoms with Gasteiger partial charge in [-0.05, 0) is 30.8 Å². The molecule has 0 aromatic carbocycles. The van der Waals surface area contributed by atoms with Gasteiger partial charge in [-0.1, -0.05) is 0 Å². The molecular weight excluding hydrogens is 222 g/mol. The largest absolute Gasteiger partial charge is 0.326 e. The number of aryl methyl sites for hydroxylation is 2. The van der Waals surface area contributed by atoms with Crippen LogP contribution >= 0.6 is 11.8 Å². The van der Waals surface area contributed by atoms with Gasteiger partial charge in [-0.25, -0.2) is 0 Å². The maximum absolute atomic E-state index is 5.64. The predicted octanol–water partition coefficient (Wildman–Crippen LogP) is 1.13. The Labute approximate surface area is 98.1 Å². The Morgan fingerprint density at radius 1 is 1.50 bits per heavy atom. The summed E-state index contributed by atoms with van der Waals surface area (Å²) in [5.74, 6) is 0. The first-order valence-electron chi connectivity index (χ1n) is 4.90. The lowest BCUT2D eigenvalue weighted by Crippen LogP contribution is -2.01. The lowest BCUT2D eigenvalue weighted by Gasteiger charge is -2.04. The molecule has 0 atom stereocenters. The van der Waals surface area contributed by atoms with E-state index in [-0.39, 0.29) is 0 Å². The summed E-state index contributed by atoms with van der Waals surface area (Å²) in [6.07, 6.45) is 1.65. The van der Waals surface area contributed by atoms with Gasteiger partial charge in [0.2, 0.25) is 0 Å². The van der Waals surface area contributed by atoms with Gasteiger partial charge in [-0.3, -0.25) is 4.68 Å². The van der Waals surface area contributed by atoms with Gasteiger partial charge >= 0.3 is 0 Å². The first-order valence-corrected chi connectivity index (χ1v) is 5.71. The van der Waals surface area contributed by atoms with Gasteiger partial charge in [-0.2, -0.15) is 10.2 Å². The van der Waals surface area contributed by atoms with Gasteiger partial charge in [-0.15, -0.1) is 5.10 Å². The second-order valence-electron chi connectivity index (χ2n) is 3.42. The van der Waals surface area contributed by atoms with E-state index in [9.17, 15) is 0 Å². The highest BCUT2D eigenvalue weighted by Crippen LogP contribution is 2.27. The first-order chi connectivity index (χ1) is 7.70.